The fourth-order valence-electron chi connectivity index (χ4n) is 2.02. The van der Waals surface area contributed by atoms with E-state index in [1.807, 2.05) is 0 Å². The lowest BCUT2D eigenvalue weighted by Crippen LogP contribution is -2.18. The molecule has 0 fully saturated rings. The number of rotatable bonds is 2. The van der Waals surface area contributed by atoms with E-state index in [4.69, 9.17) is 0 Å². The van der Waals surface area contributed by atoms with Crippen molar-refractivity contribution in [2.75, 3.05) is 0 Å². The van der Waals surface area contributed by atoms with E-state index in [1.165, 1.54) is 0 Å². The van der Waals surface area contributed by atoms with Crippen LogP contribution in [0.5, 0.6) is 11.5 Å². The molecular weight excluding hydrogens is 450 g/mol. The highest BCUT2D eigenvalue weighted by molar-refractivity contribution is 5.47. The molecule has 2 aromatic rings. The third kappa shape index (κ3) is 3.64. The van der Waals surface area contributed by atoms with E-state index in [2.05, 4.69) is 4.74 Å². The summed E-state index contributed by atoms with van der Waals surface area (Å²) in [5, 5.41) is 0. The zero-order valence-corrected chi connectivity index (χ0v) is 12.7. The summed E-state index contributed by atoms with van der Waals surface area (Å²) < 4.78 is 188. The highest BCUT2D eigenvalue weighted by atomic mass is 19.4. The lowest BCUT2D eigenvalue weighted by Gasteiger charge is -2.20. The van der Waals surface area contributed by atoms with Gasteiger partial charge in [0.15, 0.2) is 34.8 Å². The van der Waals surface area contributed by atoms with Crippen LogP contribution >= 0.6 is 0 Å². The Morgan fingerprint density at radius 2 is 0.621 bits per heavy atom. The van der Waals surface area contributed by atoms with Gasteiger partial charge in [0.05, 0.1) is 0 Å². The van der Waals surface area contributed by atoms with Crippen LogP contribution in [0.3, 0.4) is 0 Å². The maximum atomic E-state index is 13.7. The van der Waals surface area contributed by atoms with Crippen LogP contribution in [0.2, 0.25) is 0 Å². The Bertz CT molecular complexity index is 909. The number of hydrogen-bond donors (Lipinski definition) is 0. The average Bonchev–Trinajstić information content (AvgIpc) is 2.58. The van der Waals surface area contributed by atoms with Crippen molar-refractivity contribution in [2.24, 2.45) is 0 Å². The highest BCUT2D eigenvalue weighted by Gasteiger charge is 2.47. The van der Waals surface area contributed by atoms with Crippen molar-refractivity contribution in [1.82, 2.24) is 0 Å². The maximum absolute atomic E-state index is 13.7. The van der Waals surface area contributed by atoms with Gasteiger partial charge in [-0.25, -0.2) is 26.3 Å². The van der Waals surface area contributed by atoms with Gasteiger partial charge in [-0.15, -0.1) is 0 Å². The first-order valence-corrected chi connectivity index (χ1v) is 6.55. The first-order valence-electron chi connectivity index (χ1n) is 6.55. The summed E-state index contributed by atoms with van der Waals surface area (Å²) in [5.41, 5.74) is -6.40. The Labute approximate surface area is 149 Å². The summed E-state index contributed by atoms with van der Waals surface area (Å²) in [6.07, 6.45) is -12.4. The third-order valence-corrected chi connectivity index (χ3v) is 3.22. The molecule has 0 amide bonds. The SMILES string of the molecule is Fc1c(F)c(F)c(C(F)(F)F)c(Oc2c(F)c(F)c(F)c(F)c2C(F)(F)F)c1F. The highest BCUT2D eigenvalue weighted by Crippen LogP contribution is 2.47. The maximum Gasteiger partial charge on any atom is 0.423 e. The zero-order chi connectivity index (χ0) is 22.6. The van der Waals surface area contributed by atoms with Crippen molar-refractivity contribution in [2.45, 2.75) is 12.4 Å². The molecule has 0 saturated carbocycles. The second-order valence-electron chi connectivity index (χ2n) is 5.02. The van der Waals surface area contributed by atoms with E-state index in [0.29, 0.717) is 0 Å². The molecule has 0 unspecified atom stereocenters. The van der Waals surface area contributed by atoms with Gasteiger partial charge < -0.3 is 4.74 Å². The minimum absolute atomic E-state index is 2.93. The molecule has 0 aliphatic rings. The smallest absolute Gasteiger partial charge is 0.423 e. The van der Waals surface area contributed by atoms with Crippen LogP contribution in [-0.4, -0.2) is 0 Å². The van der Waals surface area contributed by atoms with E-state index < -0.39 is 81.5 Å². The quantitative estimate of drug-likeness (QED) is 0.284. The van der Waals surface area contributed by atoms with E-state index >= 15 is 0 Å². The second kappa shape index (κ2) is 6.95. The second-order valence-corrected chi connectivity index (χ2v) is 5.02. The lowest BCUT2D eigenvalue weighted by atomic mass is 10.1. The topological polar surface area (TPSA) is 9.23 Å². The molecule has 0 spiro atoms. The number of halogens is 14. The van der Waals surface area contributed by atoms with E-state index in [9.17, 15) is 61.5 Å². The molecular formula is C14F14O. The van der Waals surface area contributed by atoms with Gasteiger partial charge in [-0.1, -0.05) is 0 Å². The predicted octanol–water partition coefficient (Wildman–Crippen LogP) is 6.63. The van der Waals surface area contributed by atoms with Crippen molar-refractivity contribution in [3.8, 4) is 11.5 Å². The van der Waals surface area contributed by atoms with E-state index in [0.717, 1.165) is 0 Å². The molecule has 0 aliphatic carbocycles. The van der Waals surface area contributed by atoms with Crippen molar-refractivity contribution in [3.05, 3.63) is 57.7 Å². The summed E-state index contributed by atoms with van der Waals surface area (Å²) in [5.74, 6) is -30.8. The van der Waals surface area contributed by atoms with Crippen LogP contribution < -0.4 is 4.74 Å². The van der Waals surface area contributed by atoms with E-state index in [1.54, 1.807) is 0 Å². The third-order valence-electron chi connectivity index (χ3n) is 3.22. The zero-order valence-electron chi connectivity index (χ0n) is 12.7. The lowest BCUT2D eigenvalue weighted by molar-refractivity contribution is -0.143. The van der Waals surface area contributed by atoms with Gasteiger partial charge in [-0.3, -0.25) is 0 Å². The number of ether oxygens (including phenoxy) is 1. The summed E-state index contributed by atoms with van der Waals surface area (Å²) in [7, 11) is 0. The van der Waals surface area contributed by atoms with Crippen LogP contribution in [0.1, 0.15) is 11.1 Å². The van der Waals surface area contributed by atoms with Gasteiger partial charge >= 0.3 is 12.4 Å². The molecule has 2 rings (SSSR count). The molecule has 0 aromatic heterocycles. The fourth-order valence-corrected chi connectivity index (χ4v) is 2.02. The Balaban J connectivity index is 2.97. The molecule has 0 radical (unpaired) electrons. The van der Waals surface area contributed by atoms with Crippen molar-refractivity contribution in [3.63, 3.8) is 0 Å². The molecule has 15 heteroatoms. The normalized spacial score (nSPS) is 12.5. The van der Waals surface area contributed by atoms with Crippen molar-refractivity contribution in [1.29, 1.82) is 0 Å². The minimum Gasteiger partial charge on any atom is -0.449 e. The van der Waals surface area contributed by atoms with Crippen molar-refractivity contribution < 1.29 is 66.2 Å². The Hall–Kier alpha value is -2.74. The predicted molar refractivity (Wildman–Crippen MR) is 62.6 cm³/mol. The minimum atomic E-state index is -6.18. The molecule has 160 valence electrons. The molecule has 29 heavy (non-hydrogen) atoms. The van der Waals surface area contributed by atoms with Gasteiger partial charge in [-0.2, -0.15) is 35.1 Å². The molecule has 0 N–H and O–H groups in total. The molecule has 0 heterocycles. The Morgan fingerprint density at radius 1 is 0.379 bits per heavy atom. The van der Waals surface area contributed by atoms with Gasteiger partial charge in [0.25, 0.3) is 0 Å². The first-order chi connectivity index (χ1) is 13.0. The largest absolute Gasteiger partial charge is 0.449 e. The van der Waals surface area contributed by atoms with Crippen LogP contribution in [-0.2, 0) is 12.4 Å². The van der Waals surface area contributed by atoms with Crippen LogP contribution in [0.15, 0.2) is 0 Å². The number of alkyl halides is 6. The fraction of sp³-hybridized carbons (Fsp3) is 0.143. The molecule has 2 aromatic carbocycles. The van der Waals surface area contributed by atoms with Crippen LogP contribution in [0, 0.1) is 46.5 Å². The Kier molecular flexibility index (Phi) is 5.40. The van der Waals surface area contributed by atoms with Gasteiger partial charge in [0, 0.05) is 0 Å². The summed E-state index contributed by atoms with van der Waals surface area (Å²) in [6.45, 7) is 0. The van der Waals surface area contributed by atoms with Crippen LogP contribution in [0.25, 0.3) is 0 Å². The molecule has 0 saturated heterocycles. The molecule has 0 atom stereocenters. The summed E-state index contributed by atoms with van der Waals surface area (Å²) in [4.78, 5) is 0. The molecule has 0 bridgehead atoms. The van der Waals surface area contributed by atoms with Gasteiger partial charge in [0.2, 0.25) is 23.3 Å². The first kappa shape index (κ1) is 22.5. The molecule has 0 aliphatic heterocycles. The average molecular weight is 450 g/mol. The van der Waals surface area contributed by atoms with E-state index in [-0.39, 0.29) is 0 Å². The summed E-state index contributed by atoms with van der Waals surface area (Å²) >= 11 is 0. The van der Waals surface area contributed by atoms with Gasteiger partial charge in [-0.05, 0) is 0 Å². The monoisotopic (exact) mass is 450 g/mol. The van der Waals surface area contributed by atoms with Crippen LogP contribution in [0.4, 0.5) is 61.5 Å². The number of hydrogen-bond acceptors (Lipinski definition) is 1. The Morgan fingerprint density at radius 3 is 0.862 bits per heavy atom. The summed E-state index contributed by atoms with van der Waals surface area (Å²) in [6, 6.07) is 0. The molecule has 1 nitrogen and oxygen atoms in total. The standard InChI is InChI=1S/C14F14O/c15-3-1(13(23,24)25)11(9(21)7(19)5(3)17)29-12-2(14(26,27)28)4(16)6(18)8(20)10(12)22. The van der Waals surface area contributed by atoms with Gasteiger partial charge in [0.1, 0.15) is 11.1 Å². The van der Waals surface area contributed by atoms with Crippen molar-refractivity contribution >= 4 is 0 Å². The number of benzene rings is 2.